The Labute approximate surface area is 184 Å². The molecule has 32 heavy (non-hydrogen) atoms. The van der Waals surface area contributed by atoms with Crippen LogP contribution in [0.5, 0.6) is 0 Å². The fourth-order valence-corrected chi connectivity index (χ4v) is 4.68. The van der Waals surface area contributed by atoms with Gasteiger partial charge in [0.2, 0.25) is 0 Å². The van der Waals surface area contributed by atoms with E-state index in [-0.39, 0.29) is 28.4 Å². The van der Waals surface area contributed by atoms with Crippen LogP contribution in [-0.2, 0) is 4.79 Å². The van der Waals surface area contributed by atoms with Crippen LogP contribution in [0.2, 0.25) is 0 Å². The van der Waals surface area contributed by atoms with E-state index in [9.17, 15) is 18.4 Å². The summed E-state index contributed by atoms with van der Waals surface area (Å²) < 4.78 is 34.9. The minimum Gasteiger partial charge on any atom is -0.461 e. The van der Waals surface area contributed by atoms with Crippen LogP contribution in [0.15, 0.2) is 44.0 Å². The fraction of sp³-hybridized carbons (Fsp3) is 0.400. The van der Waals surface area contributed by atoms with E-state index in [2.05, 4.69) is 10.2 Å². The number of halogens is 2. The summed E-state index contributed by atoms with van der Waals surface area (Å²) in [7, 11) is 0. The van der Waals surface area contributed by atoms with Crippen molar-refractivity contribution >= 4 is 16.8 Å². The standard InChI is InChI=1S/C25H24F2N2O3/c1-12-10-19(31)22-23(27)17(26)11-16(25(22)32-12)21-20(13(2)29-14(3)24(21)28-4)18(30)9-8-15-6-5-7-15/h10-11,15,21,29H,5-9H2,1-3H3. The monoisotopic (exact) mass is 438 g/mol. The van der Waals surface area contributed by atoms with Gasteiger partial charge in [-0.05, 0) is 39.2 Å². The molecule has 1 N–H and O–H groups in total. The van der Waals surface area contributed by atoms with E-state index in [1.165, 1.54) is 13.3 Å². The summed E-state index contributed by atoms with van der Waals surface area (Å²) in [5.41, 5.74) is 0.873. The first-order valence-electron chi connectivity index (χ1n) is 10.7. The van der Waals surface area contributed by atoms with Crippen LogP contribution in [0.25, 0.3) is 15.8 Å². The molecule has 0 spiro atoms. The van der Waals surface area contributed by atoms with Gasteiger partial charge in [-0.1, -0.05) is 19.3 Å². The molecule has 4 rings (SSSR count). The first-order chi connectivity index (χ1) is 15.2. The van der Waals surface area contributed by atoms with Crippen LogP contribution in [0.3, 0.4) is 0 Å². The maximum atomic E-state index is 14.6. The second-order valence-corrected chi connectivity index (χ2v) is 8.66. The number of hydrogen-bond acceptors (Lipinski definition) is 4. The summed E-state index contributed by atoms with van der Waals surface area (Å²) in [5.74, 6) is -2.86. The number of allylic oxidation sites excluding steroid dienone is 3. The van der Waals surface area contributed by atoms with Gasteiger partial charge in [-0.3, -0.25) is 9.59 Å². The molecule has 2 aromatic rings. The van der Waals surface area contributed by atoms with Crippen LogP contribution in [-0.4, -0.2) is 5.78 Å². The van der Waals surface area contributed by atoms with Crippen LogP contribution in [0, 0.1) is 31.0 Å². The molecule has 0 saturated heterocycles. The summed E-state index contributed by atoms with van der Waals surface area (Å²) in [6.07, 6.45) is 4.46. The Morgan fingerprint density at radius 2 is 1.94 bits per heavy atom. The van der Waals surface area contributed by atoms with Crippen LogP contribution in [0.1, 0.15) is 63.2 Å². The minimum absolute atomic E-state index is 0.109. The fourth-order valence-electron chi connectivity index (χ4n) is 4.68. The van der Waals surface area contributed by atoms with E-state index in [0.29, 0.717) is 29.3 Å². The second-order valence-electron chi connectivity index (χ2n) is 8.66. The molecule has 1 aliphatic heterocycles. The predicted molar refractivity (Wildman–Crippen MR) is 117 cm³/mol. The molecular weight excluding hydrogens is 414 g/mol. The Morgan fingerprint density at radius 3 is 2.56 bits per heavy atom. The van der Waals surface area contributed by atoms with Gasteiger partial charge in [-0.2, -0.15) is 0 Å². The second kappa shape index (κ2) is 8.34. The quantitative estimate of drug-likeness (QED) is 0.614. The van der Waals surface area contributed by atoms with Gasteiger partial charge < -0.3 is 9.73 Å². The SMILES string of the molecule is [C-]#[N+]C1=C(C)NC(C)=C(C(=O)CCC2CCC2)C1c1cc(F)c(F)c2c(=O)cc(C)oc12. The van der Waals surface area contributed by atoms with Gasteiger partial charge in [0.15, 0.2) is 28.5 Å². The van der Waals surface area contributed by atoms with E-state index >= 15 is 0 Å². The molecule has 7 heteroatoms. The number of ketones is 1. The number of dihydropyridines is 1. The molecule has 0 radical (unpaired) electrons. The number of Topliss-reactive ketones (excluding diaryl/α,β-unsaturated/α-hetero) is 1. The first-order valence-corrected chi connectivity index (χ1v) is 10.7. The van der Waals surface area contributed by atoms with Crippen LogP contribution >= 0.6 is 0 Å². The first kappa shape index (κ1) is 21.9. The highest BCUT2D eigenvalue weighted by atomic mass is 19.2. The maximum Gasteiger partial charge on any atom is 0.196 e. The number of carbonyl (C=O) groups excluding carboxylic acids is 1. The van der Waals surface area contributed by atoms with Crippen LogP contribution in [0.4, 0.5) is 8.78 Å². The number of nitrogens with zero attached hydrogens (tertiary/aromatic N) is 1. The third kappa shape index (κ3) is 3.64. The van der Waals surface area contributed by atoms with E-state index < -0.39 is 28.4 Å². The average Bonchev–Trinajstić information content (AvgIpc) is 2.68. The summed E-state index contributed by atoms with van der Waals surface area (Å²) in [4.78, 5) is 29.5. The Hall–Kier alpha value is -3.27. The van der Waals surface area contributed by atoms with E-state index in [0.717, 1.165) is 31.4 Å². The molecule has 1 atom stereocenters. The Balaban J connectivity index is 1.93. The summed E-state index contributed by atoms with van der Waals surface area (Å²) in [6, 6.07) is 2.04. The molecule has 1 fully saturated rings. The molecule has 0 amide bonds. The highest BCUT2D eigenvalue weighted by Gasteiger charge is 2.36. The molecule has 1 unspecified atom stereocenters. The van der Waals surface area contributed by atoms with Gasteiger partial charge in [-0.15, -0.1) is 0 Å². The number of benzene rings is 1. The molecule has 166 valence electrons. The summed E-state index contributed by atoms with van der Waals surface area (Å²) in [6.45, 7) is 12.7. The highest BCUT2D eigenvalue weighted by Crippen LogP contribution is 2.43. The largest absolute Gasteiger partial charge is 0.461 e. The van der Waals surface area contributed by atoms with Gasteiger partial charge in [-0.25, -0.2) is 13.6 Å². The van der Waals surface area contributed by atoms with Gasteiger partial charge in [0.05, 0.1) is 12.5 Å². The zero-order valence-electron chi connectivity index (χ0n) is 18.3. The van der Waals surface area contributed by atoms with Crippen molar-refractivity contribution in [2.75, 3.05) is 0 Å². The normalized spacial score (nSPS) is 19.1. The Bertz CT molecular complexity index is 1290. The molecule has 0 bridgehead atoms. The number of nitrogens with one attached hydrogen (secondary N) is 1. The van der Waals surface area contributed by atoms with Crippen LogP contribution < -0.4 is 10.7 Å². The minimum atomic E-state index is -1.30. The van der Waals surface area contributed by atoms with Crippen molar-refractivity contribution in [1.29, 1.82) is 0 Å². The smallest absolute Gasteiger partial charge is 0.196 e. The lowest BCUT2D eigenvalue weighted by Crippen LogP contribution is -2.28. The predicted octanol–water partition coefficient (Wildman–Crippen LogP) is 5.64. The van der Waals surface area contributed by atoms with Gasteiger partial charge in [0, 0.05) is 35.0 Å². The van der Waals surface area contributed by atoms with E-state index in [1.54, 1.807) is 13.8 Å². The third-order valence-corrected chi connectivity index (χ3v) is 6.51. The number of hydrogen-bond donors (Lipinski definition) is 1. The highest BCUT2D eigenvalue weighted by molar-refractivity contribution is 6.00. The number of aryl methyl sites for hydroxylation is 1. The zero-order chi connectivity index (χ0) is 23.2. The maximum absolute atomic E-state index is 14.6. The van der Waals surface area contributed by atoms with Gasteiger partial charge >= 0.3 is 0 Å². The molecule has 1 saturated carbocycles. The molecular formula is C25H24F2N2O3. The lowest BCUT2D eigenvalue weighted by Gasteiger charge is -2.30. The van der Waals surface area contributed by atoms with E-state index in [4.69, 9.17) is 11.0 Å². The topological polar surface area (TPSA) is 63.7 Å². The summed E-state index contributed by atoms with van der Waals surface area (Å²) in [5, 5.41) is 2.58. The lowest BCUT2D eigenvalue weighted by atomic mass is 9.77. The zero-order valence-corrected chi connectivity index (χ0v) is 18.3. The number of carbonyl (C=O) groups is 1. The van der Waals surface area contributed by atoms with Crippen molar-refractivity contribution in [3.8, 4) is 0 Å². The average molecular weight is 438 g/mol. The van der Waals surface area contributed by atoms with Gasteiger partial charge in [0.1, 0.15) is 16.7 Å². The van der Waals surface area contributed by atoms with Crippen molar-refractivity contribution in [2.45, 2.75) is 58.8 Å². The molecule has 2 aliphatic rings. The Morgan fingerprint density at radius 1 is 1.22 bits per heavy atom. The van der Waals surface area contributed by atoms with Crippen molar-refractivity contribution < 1.29 is 18.0 Å². The van der Waals surface area contributed by atoms with Crippen molar-refractivity contribution in [1.82, 2.24) is 5.32 Å². The number of fused-ring (bicyclic) bond motifs is 1. The molecule has 2 heterocycles. The lowest BCUT2D eigenvalue weighted by molar-refractivity contribution is -0.116. The third-order valence-electron chi connectivity index (χ3n) is 6.51. The summed E-state index contributed by atoms with van der Waals surface area (Å²) >= 11 is 0. The van der Waals surface area contributed by atoms with E-state index in [1.807, 2.05) is 0 Å². The van der Waals surface area contributed by atoms with Crippen molar-refractivity contribution in [2.24, 2.45) is 5.92 Å². The molecule has 1 aromatic carbocycles. The number of rotatable bonds is 5. The molecule has 1 aliphatic carbocycles. The Kier molecular flexibility index (Phi) is 5.72. The van der Waals surface area contributed by atoms with Crippen molar-refractivity contribution in [3.63, 3.8) is 0 Å². The van der Waals surface area contributed by atoms with Gasteiger partial charge in [0.25, 0.3) is 0 Å². The van der Waals surface area contributed by atoms with Crippen molar-refractivity contribution in [3.05, 3.63) is 79.4 Å². The molecule has 1 aromatic heterocycles. The molecule has 5 nitrogen and oxygen atoms in total.